The van der Waals surface area contributed by atoms with Crippen LogP contribution in [0.25, 0.3) is 0 Å². The first kappa shape index (κ1) is 30.1. The molecule has 0 aromatic heterocycles. The van der Waals surface area contributed by atoms with Crippen molar-refractivity contribution in [3.05, 3.63) is 35.0 Å². The van der Waals surface area contributed by atoms with Gasteiger partial charge in [-0.2, -0.15) is 0 Å². The lowest BCUT2D eigenvalue weighted by Crippen LogP contribution is -2.59. The number of carbonyl (C=O) groups excluding carboxylic acids is 3. The fourth-order valence-corrected chi connectivity index (χ4v) is 5.03. The summed E-state index contributed by atoms with van der Waals surface area (Å²) in [7, 11) is 3.10. The van der Waals surface area contributed by atoms with Gasteiger partial charge >= 0.3 is 18.0 Å². The third-order valence-electron chi connectivity index (χ3n) is 6.83. The Morgan fingerprint density at radius 1 is 1.13 bits per heavy atom. The zero-order valence-electron chi connectivity index (χ0n) is 24.4. The van der Waals surface area contributed by atoms with Crippen molar-refractivity contribution in [3.8, 4) is 11.5 Å². The van der Waals surface area contributed by atoms with Crippen molar-refractivity contribution in [2.24, 2.45) is 0 Å². The Bertz CT molecular complexity index is 1100. The van der Waals surface area contributed by atoms with E-state index in [1.807, 2.05) is 39.5 Å². The van der Waals surface area contributed by atoms with E-state index in [0.29, 0.717) is 61.1 Å². The molecular weight excluding hydrogens is 502 g/mol. The number of ether oxygens (including phenoxy) is 3. The molecule has 0 unspecified atom stereocenters. The van der Waals surface area contributed by atoms with Crippen LogP contribution >= 0.6 is 0 Å². The minimum absolute atomic E-state index is 0.0577. The molecule has 2 heterocycles. The number of nitrogens with one attached hydrogen (secondary N) is 2. The summed E-state index contributed by atoms with van der Waals surface area (Å²) in [5.74, 6) is 0.583. The maximum atomic E-state index is 13.5. The lowest BCUT2D eigenvalue weighted by atomic mass is 9.93. The number of hydrogen-bond acceptors (Lipinski definition) is 7. The minimum atomic E-state index is -0.772. The van der Waals surface area contributed by atoms with E-state index in [9.17, 15) is 14.4 Å². The number of piperazine rings is 1. The number of rotatable bonds is 8. The van der Waals surface area contributed by atoms with E-state index in [-0.39, 0.29) is 30.2 Å². The van der Waals surface area contributed by atoms with Crippen LogP contribution in [0.4, 0.5) is 9.59 Å². The molecule has 1 fully saturated rings. The summed E-state index contributed by atoms with van der Waals surface area (Å²) in [6.45, 7) is 14.1. The molecule has 11 heteroatoms. The maximum absolute atomic E-state index is 13.5. The van der Waals surface area contributed by atoms with Crippen molar-refractivity contribution < 1.29 is 28.6 Å². The molecule has 2 N–H and O–H groups in total. The minimum Gasteiger partial charge on any atom is -0.497 e. The van der Waals surface area contributed by atoms with E-state index in [2.05, 4.69) is 15.5 Å². The molecule has 1 aromatic rings. The highest BCUT2D eigenvalue weighted by Crippen LogP contribution is 2.38. The Hall–Kier alpha value is -3.47. The molecule has 216 valence electrons. The molecule has 0 aliphatic carbocycles. The Kier molecular flexibility index (Phi) is 9.71. The van der Waals surface area contributed by atoms with E-state index in [4.69, 9.17) is 14.2 Å². The Morgan fingerprint density at radius 2 is 1.85 bits per heavy atom. The molecule has 2 aliphatic rings. The first-order chi connectivity index (χ1) is 18.4. The Labute approximate surface area is 231 Å². The summed E-state index contributed by atoms with van der Waals surface area (Å²) < 4.78 is 16.4. The number of esters is 1. The molecule has 0 saturated carbocycles. The average molecular weight is 546 g/mol. The van der Waals surface area contributed by atoms with Gasteiger partial charge in [-0.3, -0.25) is 9.80 Å². The van der Waals surface area contributed by atoms with Gasteiger partial charge in [0.25, 0.3) is 0 Å². The Balaban J connectivity index is 1.99. The fraction of sp³-hybridized carbons (Fsp3) is 0.607. The highest BCUT2D eigenvalue weighted by Gasteiger charge is 2.40. The van der Waals surface area contributed by atoms with E-state index >= 15 is 0 Å². The van der Waals surface area contributed by atoms with Gasteiger partial charge in [0.1, 0.15) is 11.5 Å². The zero-order chi connectivity index (χ0) is 28.9. The third kappa shape index (κ3) is 6.95. The molecule has 0 spiro atoms. The third-order valence-corrected chi connectivity index (χ3v) is 6.83. The number of nitrogens with zero attached hydrogens (tertiary/aromatic N) is 3. The van der Waals surface area contributed by atoms with E-state index in [1.165, 1.54) is 7.11 Å². The van der Waals surface area contributed by atoms with Gasteiger partial charge in [-0.1, -0.05) is 0 Å². The largest absolute Gasteiger partial charge is 0.497 e. The normalized spacial score (nSPS) is 20.5. The summed E-state index contributed by atoms with van der Waals surface area (Å²) in [5.41, 5.74) is 1.24. The smallest absolute Gasteiger partial charge is 0.338 e. The lowest BCUT2D eigenvalue weighted by Gasteiger charge is -2.43. The van der Waals surface area contributed by atoms with Crippen molar-refractivity contribution in [2.45, 2.75) is 59.2 Å². The second-order valence-electron chi connectivity index (χ2n) is 10.8. The van der Waals surface area contributed by atoms with Crippen LogP contribution in [0.15, 0.2) is 29.5 Å². The van der Waals surface area contributed by atoms with Gasteiger partial charge in [-0.05, 0) is 53.7 Å². The highest BCUT2D eigenvalue weighted by atomic mass is 16.5. The molecule has 3 rings (SSSR count). The summed E-state index contributed by atoms with van der Waals surface area (Å²) in [4.78, 5) is 45.2. The number of methoxy groups -OCH3 is 2. The first-order valence-corrected chi connectivity index (χ1v) is 13.4. The van der Waals surface area contributed by atoms with Gasteiger partial charge < -0.3 is 29.7 Å². The van der Waals surface area contributed by atoms with E-state index < -0.39 is 12.0 Å². The van der Waals surface area contributed by atoms with Gasteiger partial charge in [0.2, 0.25) is 0 Å². The van der Waals surface area contributed by atoms with Crippen molar-refractivity contribution in [1.29, 1.82) is 0 Å². The van der Waals surface area contributed by atoms with Gasteiger partial charge in [0.05, 0.1) is 32.4 Å². The van der Waals surface area contributed by atoms with E-state index in [1.54, 1.807) is 37.1 Å². The molecule has 0 bridgehead atoms. The monoisotopic (exact) mass is 545 g/mol. The van der Waals surface area contributed by atoms with Gasteiger partial charge in [0, 0.05) is 61.6 Å². The number of likely N-dealkylation sites (N-methyl/N-ethyl adjacent to an activating group) is 1. The second kappa shape index (κ2) is 12.6. The topological polar surface area (TPSA) is 113 Å². The molecule has 1 aromatic carbocycles. The fourth-order valence-electron chi connectivity index (χ4n) is 5.03. The van der Waals surface area contributed by atoms with Crippen LogP contribution in [0.5, 0.6) is 11.5 Å². The molecule has 2 atom stereocenters. The molecule has 4 amide bonds. The predicted octanol–water partition coefficient (Wildman–Crippen LogP) is 3.12. The molecule has 2 aliphatic heterocycles. The van der Waals surface area contributed by atoms with Crippen LogP contribution in [0, 0.1) is 0 Å². The predicted molar refractivity (Wildman–Crippen MR) is 148 cm³/mol. The molecule has 39 heavy (non-hydrogen) atoms. The zero-order valence-corrected chi connectivity index (χ0v) is 24.4. The maximum Gasteiger partial charge on any atom is 0.338 e. The summed E-state index contributed by atoms with van der Waals surface area (Å²) in [6.07, 6.45) is 0. The molecule has 0 radical (unpaired) electrons. The quantitative estimate of drug-likeness (QED) is 0.483. The molecule has 11 nitrogen and oxygen atoms in total. The standard InChI is InChI=1S/C28H43N5O6/c1-9-32-21(17-31-13-14-33(18(3)16-31)27(36)30-28(4,5)6)23(25(34)39-10-2)24(29-26(32)35)20-12-11-19(37-7)15-22(20)38-8/h11-12,15,18,24H,9-10,13-14,16-17H2,1-8H3,(H,29,35)(H,30,36)/t18-,24-/m0/s1. The van der Waals surface area contributed by atoms with Gasteiger partial charge in [-0.15, -0.1) is 0 Å². The molecular formula is C28H43N5O6. The van der Waals surface area contributed by atoms with Crippen LogP contribution < -0.4 is 20.1 Å². The van der Waals surface area contributed by atoms with Gasteiger partial charge in [-0.25, -0.2) is 14.4 Å². The SMILES string of the molecule is CCOC(=O)C1=C(CN2CCN(C(=O)NC(C)(C)C)[C@@H](C)C2)N(CC)C(=O)N[C@H]1c1ccc(OC)cc1OC. The van der Waals surface area contributed by atoms with Crippen molar-refractivity contribution >= 4 is 18.0 Å². The van der Waals surface area contributed by atoms with Crippen molar-refractivity contribution in [1.82, 2.24) is 25.3 Å². The summed E-state index contributed by atoms with van der Waals surface area (Å²) in [6, 6.07) is 4.04. The number of benzene rings is 1. The van der Waals surface area contributed by atoms with Crippen LogP contribution in [0.3, 0.4) is 0 Å². The van der Waals surface area contributed by atoms with Crippen LogP contribution in [0.1, 0.15) is 53.1 Å². The Morgan fingerprint density at radius 3 is 2.41 bits per heavy atom. The van der Waals surface area contributed by atoms with Crippen molar-refractivity contribution in [2.75, 3.05) is 53.6 Å². The number of carbonyl (C=O) groups is 3. The van der Waals surface area contributed by atoms with Crippen molar-refractivity contribution in [3.63, 3.8) is 0 Å². The summed E-state index contributed by atoms with van der Waals surface area (Å²) >= 11 is 0. The average Bonchev–Trinajstić information content (AvgIpc) is 2.87. The van der Waals surface area contributed by atoms with E-state index in [0.717, 1.165) is 0 Å². The highest BCUT2D eigenvalue weighted by molar-refractivity contribution is 5.95. The van der Waals surface area contributed by atoms with Gasteiger partial charge in [0.15, 0.2) is 0 Å². The number of hydrogen-bond donors (Lipinski definition) is 2. The first-order valence-electron chi connectivity index (χ1n) is 13.4. The molecule has 1 saturated heterocycles. The van der Waals surface area contributed by atoms with Crippen LogP contribution in [-0.2, 0) is 9.53 Å². The number of amides is 4. The second-order valence-corrected chi connectivity index (χ2v) is 10.8. The number of urea groups is 2. The lowest BCUT2D eigenvalue weighted by molar-refractivity contribution is -0.139. The van der Waals surface area contributed by atoms with Crippen LogP contribution in [-0.4, -0.2) is 97.9 Å². The van der Waals surface area contributed by atoms with Crippen LogP contribution in [0.2, 0.25) is 0 Å². The summed E-state index contributed by atoms with van der Waals surface area (Å²) in [5, 5.41) is 6.02.